The zero-order valence-corrected chi connectivity index (χ0v) is 20.9. The minimum Gasteiger partial charge on any atom is -0.333 e. The van der Waals surface area contributed by atoms with E-state index >= 15 is 0 Å². The van der Waals surface area contributed by atoms with Gasteiger partial charge >= 0.3 is 6.18 Å². The van der Waals surface area contributed by atoms with E-state index in [-0.39, 0.29) is 24.2 Å². The molecule has 0 unspecified atom stereocenters. The molecular formula is C26H26F4N4O2S. The summed E-state index contributed by atoms with van der Waals surface area (Å²) >= 11 is 0. The second-order valence-electron chi connectivity index (χ2n) is 10.5. The zero-order valence-electron chi connectivity index (χ0n) is 20.1. The maximum atomic E-state index is 13.3. The van der Waals surface area contributed by atoms with Gasteiger partial charge in [0.05, 0.1) is 11.2 Å². The summed E-state index contributed by atoms with van der Waals surface area (Å²) in [6, 6.07) is 12.2. The Morgan fingerprint density at radius 2 is 1.68 bits per heavy atom. The lowest BCUT2D eigenvalue weighted by molar-refractivity contribution is -0.136. The van der Waals surface area contributed by atoms with Crippen LogP contribution in [0.3, 0.4) is 0 Å². The largest absolute Gasteiger partial charge is 0.402 e. The molecule has 2 bridgehead atoms. The number of benzene rings is 2. The Balaban J connectivity index is 1.31. The lowest BCUT2D eigenvalue weighted by Gasteiger charge is -2.33. The van der Waals surface area contributed by atoms with Gasteiger partial charge in [0.1, 0.15) is 18.2 Å². The van der Waals surface area contributed by atoms with Crippen LogP contribution in [0.4, 0.5) is 17.6 Å². The molecule has 196 valence electrons. The monoisotopic (exact) mass is 534 g/mol. The molecule has 3 aromatic rings. The Labute approximate surface area is 212 Å². The number of nitrogens with one attached hydrogen (secondary N) is 1. The summed E-state index contributed by atoms with van der Waals surface area (Å²) in [7, 11) is -2.32. The molecule has 3 atom stereocenters. The number of fused-ring (bicyclic) bond motifs is 1. The van der Waals surface area contributed by atoms with Crippen molar-refractivity contribution in [3.8, 4) is 22.6 Å². The number of alkyl halides is 3. The maximum Gasteiger partial charge on any atom is 0.402 e. The van der Waals surface area contributed by atoms with Crippen LogP contribution in [0, 0.1) is 17.7 Å². The Hall–Kier alpha value is -2.76. The topological polar surface area (TPSA) is 67.2 Å². The fourth-order valence-corrected chi connectivity index (χ4v) is 8.19. The van der Waals surface area contributed by atoms with Crippen LogP contribution in [0.25, 0.3) is 22.6 Å². The number of imidazole rings is 1. The van der Waals surface area contributed by atoms with Crippen LogP contribution in [0.5, 0.6) is 0 Å². The summed E-state index contributed by atoms with van der Waals surface area (Å²) in [5.41, 5.74) is 3.68. The van der Waals surface area contributed by atoms with Gasteiger partial charge < -0.3 is 4.57 Å². The summed E-state index contributed by atoms with van der Waals surface area (Å²) in [4.78, 5) is 4.77. The standard InChI is InChI=1S/C26H26F4N4O2S/c1-33-13-23(16-4-8-22(27)9-5-16)31-24(33)18-3-2-17-11-20-6-7-21(12-19(17)10-18)25(20)14-34(15-26(28,29)30)37(35,36)32-25/h2-5,8-10,13,20-21,32H,6-7,11-12,14-15H2,1H3/t20-,21+,25+/m0/s1. The minimum atomic E-state index is -4.60. The van der Waals surface area contributed by atoms with Crippen molar-refractivity contribution in [2.24, 2.45) is 18.9 Å². The van der Waals surface area contributed by atoms with Crippen LogP contribution in [-0.2, 0) is 30.1 Å². The second kappa shape index (κ2) is 8.37. The van der Waals surface area contributed by atoms with E-state index in [1.807, 2.05) is 29.9 Å². The average Bonchev–Trinajstić information content (AvgIpc) is 3.38. The number of hydrogen-bond donors (Lipinski definition) is 1. The predicted octanol–water partition coefficient (Wildman–Crippen LogP) is 4.47. The molecule has 1 saturated heterocycles. The number of nitrogens with zero attached hydrogens (tertiary/aromatic N) is 3. The first-order valence-corrected chi connectivity index (χ1v) is 13.6. The van der Waals surface area contributed by atoms with Gasteiger partial charge in [-0.15, -0.1) is 0 Å². The Morgan fingerprint density at radius 1 is 1.03 bits per heavy atom. The Bertz CT molecular complexity index is 1470. The number of halogens is 4. The highest BCUT2D eigenvalue weighted by atomic mass is 32.2. The van der Waals surface area contributed by atoms with Crippen molar-refractivity contribution in [2.75, 3.05) is 13.1 Å². The van der Waals surface area contributed by atoms with Gasteiger partial charge in [0, 0.05) is 30.9 Å². The SMILES string of the molecule is Cn1cc(-c2ccc(F)cc2)nc1-c1ccc2c(c1)C[C@H]1CC[C@@H](C2)[C@]12CN(CC(F)(F)F)S(=O)(=O)N2. The predicted molar refractivity (Wildman–Crippen MR) is 130 cm³/mol. The van der Waals surface area contributed by atoms with E-state index in [1.165, 1.54) is 12.1 Å². The van der Waals surface area contributed by atoms with Crippen molar-refractivity contribution in [1.82, 2.24) is 18.6 Å². The lowest BCUT2D eigenvalue weighted by Crippen LogP contribution is -2.52. The van der Waals surface area contributed by atoms with Gasteiger partial charge in [-0.25, -0.2) is 9.37 Å². The second-order valence-corrected chi connectivity index (χ2v) is 12.1. The third kappa shape index (κ3) is 4.26. The van der Waals surface area contributed by atoms with Crippen LogP contribution in [0.15, 0.2) is 48.7 Å². The Kier molecular flexibility index (Phi) is 5.56. The molecule has 1 saturated carbocycles. The molecular weight excluding hydrogens is 508 g/mol. The van der Waals surface area contributed by atoms with Crippen LogP contribution in [0.1, 0.15) is 24.0 Å². The van der Waals surface area contributed by atoms with E-state index in [4.69, 9.17) is 4.98 Å². The number of rotatable bonds is 3. The van der Waals surface area contributed by atoms with Crippen LogP contribution < -0.4 is 4.72 Å². The molecule has 11 heteroatoms. The van der Waals surface area contributed by atoms with Crippen molar-refractivity contribution < 1.29 is 26.0 Å². The molecule has 37 heavy (non-hydrogen) atoms. The molecule has 3 aliphatic rings. The minimum absolute atomic E-state index is 0.0733. The molecule has 1 aliphatic heterocycles. The van der Waals surface area contributed by atoms with Gasteiger partial charge in [-0.3, -0.25) is 0 Å². The van der Waals surface area contributed by atoms with Crippen molar-refractivity contribution >= 4 is 10.2 Å². The molecule has 2 aliphatic carbocycles. The van der Waals surface area contributed by atoms with Gasteiger partial charge in [0.2, 0.25) is 0 Å². The first-order valence-electron chi connectivity index (χ1n) is 12.2. The smallest absolute Gasteiger partial charge is 0.333 e. The lowest BCUT2D eigenvalue weighted by atomic mass is 9.79. The van der Waals surface area contributed by atoms with E-state index in [9.17, 15) is 26.0 Å². The maximum absolute atomic E-state index is 13.3. The molecule has 1 aromatic heterocycles. The third-order valence-corrected chi connectivity index (χ3v) is 9.76. The normalized spacial score (nSPS) is 26.9. The summed E-state index contributed by atoms with van der Waals surface area (Å²) in [6.45, 7) is -1.64. The first kappa shape index (κ1) is 24.6. The molecule has 6 rings (SSSR count). The van der Waals surface area contributed by atoms with Gasteiger partial charge in [0.25, 0.3) is 10.2 Å². The fourth-order valence-electron chi connectivity index (χ4n) is 6.48. The average molecular weight is 535 g/mol. The Morgan fingerprint density at radius 3 is 2.35 bits per heavy atom. The van der Waals surface area contributed by atoms with Crippen LogP contribution in [0.2, 0.25) is 0 Å². The highest BCUT2D eigenvalue weighted by Crippen LogP contribution is 2.50. The molecule has 2 heterocycles. The summed E-state index contributed by atoms with van der Waals surface area (Å²) in [6.07, 6.45) is 0.000138. The fraction of sp³-hybridized carbons (Fsp3) is 0.423. The third-order valence-electron chi connectivity index (χ3n) is 8.19. The molecule has 2 fully saturated rings. The van der Waals surface area contributed by atoms with Crippen molar-refractivity contribution in [3.63, 3.8) is 0 Å². The van der Waals surface area contributed by atoms with E-state index in [2.05, 4.69) is 10.8 Å². The van der Waals surface area contributed by atoms with E-state index in [0.717, 1.165) is 46.6 Å². The van der Waals surface area contributed by atoms with Gasteiger partial charge in [0.15, 0.2) is 0 Å². The van der Waals surface area contributed by atoms with Crippen LogP contribution in [-0.4, -0.2) is 47.1 Å². The van der Waals surface area contributed by atoms with Gasteiger partial charge in [-0.1, -0.05) is 12.1 Å². The summed E-state index contributed by atoms with van der Waals surface area (Å²) in [5.74, 6) is 0.252. The van der Waals surface area contributed by atoms with E-state index in [0.29, 0.717) is 17.1 Å². The zero-order chi connectivity index (χ0) is 26.2. The molecule has 2 aromatic carbocycles. The summed E-state index contributed by atoms with van der Waals surface area (Å²) < 4.78 is 83.3. The highest BCUT2D eigenvalue weighted by Gasteiger charge is 2.60. The molecule has 0 amide bonds. The summed E-state index contributed by atoms with van der Waals surface area (Å²) in [5, 5.41) is 0. The quantitative estimate of drug-likeness (QED) is 0.505. The molecule has 1 spiro atoms. The number of aryl methyl sites for hydroxylation is 1. The van der Waals surface area contributed by atoms with Gasteiger partial charge in [-0.05, 0) is 79.0 Å². The van der Waals surface area contributed by atoms with Crippen molar-refractivity contribution in [2.45, 2.75) is 37.4 Å². The van der Waals surface area contributed by atoms with Crippen molar-refractivity contribution in [3.05, 3.63) is 65.6 Å². The highest BCUT2D eigenvalue weighted by molar-refractivity contribution is 7.87. The van der Waals surface area contributed by atoms with Crippen LogP contribution >= 0.6 is 0 Å². The number of hydrogen-bond acceptors (Lipinski definition) is 3. The van der Waals surface area contributed by atoms with Crippen molar-refractivity contribution in [1.29, 1.82) is 0 Å². The van der Waals surface area contributed by atoms with E-state index < -0.39 is 28.5 Å². The molecule has 1 N–H and O–H groups in total. The molecule has 0 radical (unpaired) electrons. The van der Waals surface area contributed by atoms with E-state index in [1.54, 1.807) is 12.1 Å². The van der Waals surface area contributed by atoms with Gasteiger partial charge in [-0.2, -0.15) is 30.6 Å². The first-order chi connectivity index (χ1) is 17.4. The number of aromatic nitrogens is 2. The molecule has 6 nitrogen and oxygen atoms in total.